The summed E-state index contributed by atoms with van der Waals surface area (Å²) in [6.45, 7) is 4.66. The van der Waals surface area contributed by atoms with Crippen molar-refractivity contribution >= 4 is 11.8 Å². The second-order valence-corrected chi connectivity index (χ2v) is 6.79. The van der Waals surface area contributed by atoms with Crippen LogP contribution in [0.2, 0.25) is 0 Å². The summed E-state index contributed by atoms with van der Waals surface area (Å²) >= 11 is 0. The fourth-order valence-corrected chi connectivity index (χ4v) is 3.55. The zero-order valence-electron chi connectivity index (χ0n) is 14.5. The molecule has 2 amide bonds. The van der Waals surface area contributed by atoms with Crippen LogP contribution in [0.4, 0.5) is 0 Å². The Morgan fingerprint density at radius 3 is 2.48 bits per heavy atom. The Balaban J connectivity index is 1.32. The molecule has 2 saturated heterocycles. The van der Waals surface area contributed by atoms with Gasteiger partial charge in [0.1, 0.15) is 5.76 Å². The van der Waals surface area contributed by atoms with Gasteiger partial charge in [-0.15, -0.1) is 0 Å². The van der Waals surface area contributed by atoms with Crippen molar-refractivity contribution in [1.29, 1.82) is 0 Å². The van der Waals surface area contributed by atoms with Gasteiger partial charge in [0.2, 0.25) is 0 Å². The van der Waals surface area contributed by atoms with Crippen LogP contribution in [0, 0.1) is 5.92 Å². The van der Waals surface area contributed by atoms with E-state index in [2.05, 4.69) is 15.5 Å². The van der Waals surface area contributed by atoms with Gasteiger partial charge in [-0.1, -0.05) is 0 Å². The van der Waals surface area contributed by atoms with Crippen molar-refractivity contribution in [2.24, 2.45) is 5.92 Å². The molecule has 7 heteroatoms. The van der Waals surface area contributed by atoms with Gasteiger partial charge in [-0.2, -0.15) is 0 Å². The maximum absolute atomic E-state index is 11.9. The van der Waals surface area contributed by atoms with E-state index in [4.69, 9.17) is 9.15 Å². The minimum absolute atomic E-state index is 0.225. The highest BCUT2D eigenvalue weighted by Crippen LogP contribution is 2.22. The number of piperidine rings is 1. The fraction of sp³-hybridized carbons (Fsp3) is 0.667. The van der Waals surface area contributed by atoms with Crippen molar-refractivity contribution in [3.8, 4) is 0 Å². The highest BCUT2D eigenvalue weighted by atomic mass is 16.5. The smallest absolute Gasteiger partial charge is 0.309 e. The lowest BCUT2D eigenvalue weighted by Crippen LogP contribution is -2.47. The molecule has 2 aliphatic heterocycles. The number of nitrogens with one attached hydrogen (secondary N) is 2. The lowest BCUT2D eigenvalue weighted by molar-refractivity contribution is -0.139. The van der Waals surface area contributed by atoms with Gasteiger partial charge in [-0.3, -0.25) is 9.59 Å². The fourth-order valence-electron chi connectivity index (χ4n) is 3.55. The molecular weight excluding hydrogens is 322 g/mol. The van der Waals surface area contributed by atoms with E-state index < -0.39 is 11.8 Å². The van der Waals surface area contributed by atoms with Crippen LogP contribution in [0.15, 0.2) is 22.8 Å². The number of carbonyl (C=O) groups is 2. The van der Waals surface area contributed by atoms with Crippen LogP contribution >= 0.6 is 0 Å². The third-order valence-corrected chi connectivity index (χ3v) is 5.12. The first-order chi connectivity index (χ1) is 12.2. The van der Waals surface area contributed by atoms with Crippen LogP contribution < -0.4 is 10.6 Å². The normalized spacial score (nSPS) is 20.3. The number of hydrogen-bond donors (Lipinski definition) is 2. The van der Waals surface area contributed by atoms with E-state index in [1.165, 1.54) is 6.26 Å². The zero-order valence-corrected chi connectivity index (χ0v) is 14.5. The molecule has 1 aromatic heterocycles. The first-order valence-corrected chi connectivity index (χ1v) is 9.12. The number of nitrogens with zero attached hydrogens (tertiary/aromatic N) is 1. The first-order valence-electron chi connectivity index (χ1n) is 9.12. The average molecular weight is 349 g/mol. The number of likely N-dealkylation sites (tertiary alicyclic amines) is 1. The molecule has 0 radical (unpaired) electrons. The quantitative estimate of drug-likeness (QED) is 0.772. The Labute approximate surface area is 148 Å². The van der Waals surface area contributed by atoms with Crippen molar-refractivity contribution in [2.45, 2.75) is 38.3 Å². The van der Waals surface area contributed by atoms with Crippen molar-refractivity contribution in [3.63, 3.8) is 0 Å². The highest BCUT2D eigenvalue weighted by molar-refractivity contribution is 6.35. The van der Waals surface area contributed by atoms with Crippen LogP contribution in [0.3, 0.4) is 0 Å². The third-order valence-electron chi connectivity index (χ3n) is 5.12. The number of furan rings is 1. The van der Waals surface area contributed by atoms with Gasteiger partial charge >= 0.3 is 11.8 Å². The van der Waals surface area contributed by atoms with E-state index in [9.17, 15) is 9.59 Å². The maximum atomic E-state index is 11.9. The molecule has 2 aliphatic rings. The van der Waals surface area contributed by atoms with Gasteiger partial charge in [0.15, 0.2) is 0 Å². The van der Waals surface area contributed by atoms with Crippen molar-refractivity contribution in [3.05, 3.63) is 24.2 Å². The molecule has 0 aliphatic carbocycles. The van der Waals surface area contributed by atoms with Gasteiger partial charge in [0, 0.05) is 25.8 Å². The molecule has 0 bridgehead atoms. The van der Waals surface area contributed by atoms with Gasteiger partial charge in [0.05, 0.1) is 12.8 Å². The van der Waals surface area contributed by atoms with Crippen LogP contribution in [0.5, 0.6) is 0 Å². The Morgan fingerprint density at radius 1 is 1.08 bits per heavy atom. The Bertz CT molecular complexity index is 547. The third kappa shape index (κ3) is 5.31. The minimum atomic E-state index is -0.615. The van der Waals surface area contributed by atoms with E-state index in [-0.39, 0.29) is 6.54 Å². The second kappa shape index (κ2) is 9.01. The molecule has 2 N–H and O–H groups in total. The molecule has 0 spiro atoms. The predicted molar refractivity (Wildman–Crippen MR) is 91.7 cm³/mol. The summed E-state index contributed by atoms with van der Waals surface area (Å²) in [5, 5.41) is 5.31. The lowest BCUT2D eigenvalue weighted by atomic mass is 9.94. The summed E-state index contributed by atoms with van der Waals surface area (Å²) in [6.07, 6.45) is 5.90. The molecular formula is C18H27N3O4. The SMILES string of the molecule is O=C(NCc1ccco1)C(=O)NCC1CCN(C2CCOCC2)CC1. The number of hydrogen-bond acceptors (Lipinski definition) is 5. The van der Waals surface area contributed by atoms with Crippen molar-refractivity contribution < 1.29 is 18.7 Å². The maximum Gasteiger partial charge on any atom is 0.309 e. The van der Waals surface area contributed by atoms with Crippen LogP contribution in [0.1, 0.15) is 31.4 Å². The van der Waals surface area contributed by atoms with Gasteiger partial charge in [-0.05, 0) is 56.8 Å². The van der Waals surface area contributed by atoms with Crippen LogP contribution in [-0.4, -0.2) is 55.6 Å². The average Bonchev–Trinajstić information content (AvgIpc) is 3.19. The largest absolute Gasteiger partial charge is 0.467 e. The predicted octanol–water partition coefficient (Wildman–Crippen LogP) is 0.903. The van der Waals surface area contributed by atoms with Gasteiger partial charge < -0.3 is 24.7 Å². The second-order valence-electron chi connectivity index (χ2n) is 6.79. The Kier molecular flexibility index (Phi) is 6.47. The molecule has 3 rings (SSSR count). The van der Waals surface area contributed by atoms with E-state index in [0.717, 1.165) is 52.0 Å². The standard InChI is InChI=1S/C18H27N3O4/c22-17(18(23)20-13-16-2-1-9-25-16)19-12-14-3-7-21(8-4-14)15-5-10-24-11-6-15/h1-2,9,14-15H,3-8,10-13H2,(H,19,22)(H,20,23). The summed E-state index contributed by atoms with van der Waals surface area (Å²) in [6, 6.07) is 4.15. The molecule has 0 atom stereocenters. The number of carbonyl (C=O) groups excluding carboxylic acids is 2. The topological polar surface area (TPSA) is 83.8 Å². The number of ether oxygens (including phenoxy) is 1. The highest BCUT2D eigenvalue weighted by Gasteiger charge is 2.27. The summed E-state index contributed by atoms with van der Waals surface area (Å²) < 4.78 is 10.5. The number of rotatable bonds is 5. The van der Waals surface area contributed by atoms with Crippen LogP contribution in [0.25, 0.3) is 0 Å². The molecule has 7 nitrogen and oxygen atoms in total. The molecule has 2 fully saturated rings. The molecule has 0 saturated carbocycles. The summed E-state index contributed by atoms with van der Waals surface area (Å²) in [4.78, 5) is 26.2. The molecule has 0 aromatic carbocycles. The van der Waals surface area contributed by atoms with E-state index >= 15 is 0 Å². The zero-order chi connectivity index (χ0) is 17.5. The molecule has 138 valence electrons. The molecule has 25 heavy (non-hydrogen) atoms. The van der Waals surface area contributed by atoms with E-state index in [1.807, 2.05) is 0 Å². The Morgan fingerprint density at radius 2 is 1.80 bits per heavy atom. The molecule has 1 aromatic rings. The molecule has 3 heterocycles. The Hall–Kier alpha value is -1.86. The summed E-state index contributed by atoms with van der Waals surface area (Å²) in [5.74, 6) is -0.117. The van der Waals surface area contributed by atoms with Crippen molar-refractivity contribution in [1.82, 2.24) is 15.5 Å². The van der Waals surface area contributed by atoms with Gasteiger partial charge in [-0.25, -0.2) is 0 Å². The van der Waals surface area contributed by atoms with Crippen molar-refractivity contribution in [2.75, 3.05) is 32.8 Å². The monoisotopic (exact) mass is 349 g/mol. The number of amides is 2. The molecule has 0 unspecified atom stereocenters. The van der Waals surface area contributed by atoms with E-state index in [0.29, 0.717) is 24.3 Å². The summed E-state index contributed by atoms with van der Waals surface area (Å²) in [7, 11) is 0. The lowest BCUT2D eigenvalue weighted by Gasteiger charge is -2.39. The van der Waals surface area contributed by atoms with E-state index in [1.54, 1.807) is 12.1 Å². The van der Waals surface area contributed by atoms with Gasteiger partial charge in [0.25, 0.3) is 0 Å². The first kappa shape index (κ1) is 17.9. The minimum Gasteiger partial charge on any atom is -0.467 e. The van der Waals surface area contributed by atoms with Crippen LogP contribution in [-0.2, 0) is 20.9 Å². The summed E-state index contributed by atoms with van der Waals surface area (Å²) in [5.41, 5.74) is 0.